The maximum absolute atomic E-state index is 13.1. The zero-order valence-corrected chi connectivity index (χ0v) is 24.3. The van der Waals surface area contributed by atoms with Gasteiger partial charge in [0.2, 0.25) is 0 Å². The number of nitrogens with zero attached hydrogens (tertiary/aromatic N) is 2. The Kier molecular flexibility index (Phi) is 8.67. The summed E-state index contributed by atoms with van der Waals surface area (Å²) < 4.78 is 10.9. The van der Waals surface area contributed by atoms with E-state index < -0.39 is 0 Å². The summed E-state index contributed by atoms with van der Waals surface area (Å²) in [5.74, 6) is -0.321. The van der Waals surface area contributed by atoms with E-state index in [9.17, 15) is 9.59 Å². The number of morpholine rings is 2. The highest BCUT2D eigenvalue weighted by atomic mass is 16.5. The minimum atomic E-state index is -0.163. The summed E-state index contributed by atoms with van der Waals surface area (Å²) in [4.78, 5) is 30.5. The Morgan fingerprint density at radius 2 is 1.02 bits per heavy atom. The van der Waals surface area contributed by atoms with Crippen LogP contribution in [0.5, 0.6) is 0 Å². The minimum absolute atomic E-state index is 0.158. The third-order valence-corrected chi connectivity index (χ3v) is 7.96. The number of rotatable bonds is 7. The first-order valence-electron chi connectivity index (χ1n) is 14.7. The summed E-state index contributed by atoms with van der Waals surface area (Å²) in [6.07, 6.45) is 0. The van der Waals surface area contributed by atoms with Crippen LogP contribution in [0.4, 0.5) is 22.7 Å². The lowest BCUT2D eigenvalue weighted by Gasteiger charge is -2.28. The number of carbonyl (C=O) groups is 2. The quantitative estimate of drug-likeness (QED) is 0.288. The van der Waals surface area contributed by atoms with Crippen LogP contribution in [0.15, 0.2) is 91.0 Å². The number of benzene rings is 4. The molecule has 0 aliphatic carbocycles. The Morgan fingerprint density at radius 1 is 0.581 bits per heavy atom. The Balaban J connectivity index is 1.09. The third kappa shape index (κ3) is 6.88. The van der Waals surface area contributed by atoms with Gasteiger partial charge in [0.15, 0.2) is 0 Å². The molecule has 2 aliphatic heterocycles. The van der Waals surface area contributed by atoms with Crippen LogP contribution in [0.2, 0.25) is 0 Å². The maximum Gasteiger partial charge on any atom is 0.255 e. The SMILES string of the molecule is Cc1ccc(C(=O)Nc2ccc(N3CCOCC3)cc2)cc1-c1ccc(NC(=O)c2ccc(N3CCOCC3)cc2)cc1. The molecule has 4 aromatic carbocycles. The molecule has 0 unspecified atom stereocenters. The summed E-state index contributed by atoms with van der Waals surface area (Å²) in [6, 6.07) is 29.0. The van der Waals surface area contributed by atoms with Crippen LogP contribution in [0.1, 0.15) is 26.3 Å². The van der Waals surface area contributed by atoms with E-state index in [0.717, 1.165) is 86.4 Å². The van der Waals surface area contributed by atoms with Crippen molar-refractivity contribution in [1.82, 2.24) is 0 Å². The van der Waals surface area contributed by atoms with Crippen molar-refractivity contribution < 1.29 is 19.1 Å². The van der Waals surface area contributed by atoms with Gasteiger partial charge in [-0.15, -0.1) is 0 Å². The van der Waals surface area contributed by atoms with E-state index >= 15 is 0 Å². The van der Waals surface area contributed by atoms with E-state index in [1.165, 1.54) is 0 Å². The monoisotopic (exact) mass is 576 g/mol. The average Bonchev–Trinajstić information content (AvgIpc) is 3.06. The Bertz CT molecular complexity index is 1560. The van der Waals surface area contributed by atoms with Crippen LogP contribution in [-0.2, 0) is 9.47 Å². The lowest BCUT2D eigenvalue weighted by Crippen LogP contribution is -2.36. The number of amides is 2. The summed E-state index contributed by atoms with van der Waals surface area (Å²) in [5.41, 5.74) is 7.85. The molecule has 0 atom stereocenters. The molecule has 8 heteroatoms. The number of hydrogen-bond donors (Lipinski definition) is 2. The highest BCUT2D eigenvalue weighted by Crippen LogP contribution is 2.27. The van der Waals surface area contributed by atoms with Gasteiger partial charge in [-0.1, -0.05) is 18.2 Å². The largest absolute Gasteiger partial charge is 0.378 e. The van der Waals surface area contributed by atoms with Gasteiger partial charge in [-0.2, -0.15) is 0 Å². The molecule has 220 valence electrons. The van der Waals surface area contributed by atoms with Gasteiger partial charge in [0.1, 0.15) is 0 Å². The third-order valence-electron chi connectivity index (χ3n) is 7.96. The van der Waals surface area contributed by atoms with Gasteiger partial charge in [-0.05, 0) is 96.4 Å². The van der Waals surface area contributed by atoms with Crippen molar-refractivity contribution in [1.29, 1.82) is 0 Å². The predicted molar refractivity (Wildman–Crippen MR) is 171 cm³/mol. The van der Waals surface area contributed by atoms with Crippen LogP contribution in [0, 0.1) is 6.92 Å². The molecule has 2 fully saturated rings. The predicted octanol–water partition coefficient (Wildman–Crippen LogP) is 5.84. The Hall–Kier alpha value is -4.66. The van der Waals surface area contributed by atoms with E-state index in [4.69, 9.17) is 9.47 Å². The fourth-order valence-corrected chi connectivity index (χ4v) is 5.44. The van der Waals surface area contributed by atoms with Crippen molar-refractivity contribution in [3.05, 3.63) is 108 Å². The lowest BCUT2D eigenvalue weighted by atomic mass is 9.97. The van der Waals surface area contributed by atoms with Gasteiger partial charge in [0.25, 0.3) is 11.8 Å². The zero-order valence-electron chi connectivity index (χ0n) is 24.3. The van der Waals surface area contributed by atoms with Gasteiger partial charge in [0, 0.05) is 60.1 Å². The number of ether oxygens (including phenoxy) is 2. The van der Waals surface area contributed by atoms with Crippen LogP contribution in [0.3, 0.4) is 0 Å². The first-order chi connectivity index (χ1) is 21.0. The van der Waals surface area contributed by atoms with Crippen molar-refractivity contribution >= 4 is 34.6 Å². The molecule has 2 amide bonds. The van der Waals surface area contributed by atoms with Gasteiger partial charge < -0.3 is 29.9 Å². The molecule has 2 N–H and O–H groups in total. The van der Waals surface area contributed by atoms with Crippen LogP contribution in [0.25, 0.3) is 11.1 Å². The number of anilines is 4. The standard InChI is InChI=1S/C35H36N4O4/c1-25-2-3-28(35(41)37-30-10-14-32(15-11-30)39-18-22-43-23-19-39)24-33(25)26-4-8-29(9-5-26)36-34(40)27-6-12-31(13-7-27)38-16-20-42-21-17-38/h2-15,24H,16-23H2,1H3,(H,36,40)(H,37,41). The number of carbonyl (C=O) groups excluding carboxylic acids is 2. The van der Waals surface area contributed by atoms with Crippen molar-refractivity contribution in [2.24, 2.45) is 0 Å². The smallest absolute Gasteiger partial charge is 0.255 e. The van der Waals surface area contributed by atoms with Gasteiger partial charge in [-0.3, -0.25) is 9.59 Å². The van der Waals surface area contributed by atoms with Crippen molar-refractivity contribution in [2.75, 3.05) is 73.0 Å². The zero-order chi connectivity index (χ0) is 29.6. The normalized spacial score (nSPS) is 15.2. The van der Waals surface area contributed by atoms with Crippen LogP contribution in [-0.4, -0.2) is 64.4 Å². The summed E-state index contributed by atoms with van der Waals surface area (Å²) in [6.45, 7) is 8.38. The molecule has 43 heavy (non-hydrogen) atoms. The van der Waals surface area contributed by atoms with Gasteiger partial charge >= 0.3 is 0 Å². The Labute approximate surface area is 252 Å². The van der Waals surface area contributed by atoms with Crippen LogP contribution >= 0.6 is 0 Å². The molecule has 4 aromatic rings. The molecule has 0 bridgehead atoms. The number of aryl methyl sites for hydroxylation is 1. The highest BCUT2D eigenvalue weighted by Gasteiger charge is 2.15. The average molecular weight is 577 g/mol. The first-order valence-corrected chi connectivity index (χ1v) is 14.7. The Morgan fingerprint density at radius 3 is 1.56 bits per heavy atom. The fraction of sp³-hybridized carbons (Fsp3) is 0.257. The van der Waals surface area contributed by atoms with Crippen molar-refractivity contribution in [2.45, 2.75) is 6.92 Å². The van der Waals surface area contributed by atoms with E-state index in [1.54, 1.807) is 0 Å². The molecule has 0 saturated carbocycles. The minimum Gasteiger partial charge on any atom is -0.378 e. The van der Waals surface area contributed by atoms with E-state index in [-0.39, 0.29) is 11.8 Å². The van der Waals surface area contributed by atoms with E-state index in [0.29, 0.717) is 16.8 Å². The maximum atomic E-state index is 13.1. The van der Waals surface area contributed by atoms with Gasteiger partial charge in [-0.25, -0.2) is 0 Å². The number of nitrogens with one attached hydrogen (secondary N) is 2. The molecule has 2 aliphatic rings. The first kappa shape index (κ1) is 28.5. The second-order valence-corrected chi connectivity index (χ2v) is 10.8. The molecule has 6 rings (SSSR count). The molecular formula is C35H36N4O4. The topological polar surface area (TPSA) is 83.1 Å². The highest BCUT2D eigenvalue weighted by molar-refractivity contribution is 6.06. The van der Waals surface area contributed by atoms with Gasteiger partial charge in [0.05, 0.1) is 26.4 Å². The molecule has 0 radical (unpaired) electrons. The van der Waals surface area contributed by atoms with Crippen LogP contribution < -0.4 is 20.4 Å². The molecular weight excluding hydrogens is 540 g/mol. The summed E-state index contributed by atoms with van der Waals surface area (Å²) >= 11 is 0. The number of hydrogen-bond acceptors (Lipinski definition) is 6. The molecule has 2 saturated heterocycles. The molecule has 2 heterocycles. The molecule has 0 spiro atoms. The second-order valence-electron chi connectivity index (χ2n) is 10.8. The van der Waals surface area contributed by atoms with E-state index in [1.807, 2.05) is 97.9 Å². The van der Waals surface area contributed by atoms with Crippen molar-refractivity contribution in [3.63, 3.8) is 0 Å². The van der Waals surface area contributed by atoms with Crippen molar-refractivity contribution in [3.8, 4) is 11.1 Å². The molecule has 8 nitrogen and oxygen atoms in total. The fourth-order valence-electron chi connectivity index (χ4n) is 5.44. The second kappa shape index (κ2) is 13.1. The summed E-state index contributed by atoms with van der Waals surface area (Å²) in [7, 11) is 0. The summed E-state index contributed by atoms with van der Waals surface area (Å²) in [5, 5.41) is 6.00. The lowest BCUT2D eigenvalue weighted by molar-refractivity contribution is 0.101. The molecule has 0 aromatic heterocycles. The van der Waals surface area contributed by atoms with E-state index in [2.05, 4.69) is 20.4 Å².